The summed E-state index contributed by atoms with van der Waals surface area (Å²) in [5, 5.41) is 5.80. The first-order valence-electron chi connectivity index (χ1n) is 6.33. The molecule has 17 heavy (non-hydrogen) atoms. The highest BCUT2D eigenvalue weighted by Gasteiger charge is 2.02. The van der Waals surface area contributed by atoms with Crippen molar-refractivity contribution in [1.82, 2.24) is 10.6 Å². The number of carbonyl (C=O) groups excluding carboxylic acids is 2. The molecular formula is C12H24N2O3. The molecule has 0 aromatic heterocycles. The summed E-state index contributed by atoms with van der Waals surface area (Å²) >= 11 is 0. The number of nitrogens with one attached hydrogen (secondary N) is 2. The van der Waals surface area contributed by atoms with Gasteiger partial charge in [-0.25, -0.2) is 0 Å². The molecule has 5 nitrogen and oxygen atoms in total. The van der Waals surface area contributed by atoms with E-state index in [0.29, 0.717) is 32.5 Å². The van der Waals surface area contributed by atoms with E-state index in [1.165, 1.54) is 0 Å². The van der Waals surface area contributed by atoms with E-state index in [2.05, 4.69) is 17.6 Å². The number of unbranched alkanes of at least 4 members (excludes halogenated alkanes) is 1. The van der Waals surface area contributed by atoms with Crippen molar-refractivity contribution in [2.24, 2.45) is 0 Å². The Balaban J connectivity index is 3.27. The fraction of sp³-hybridized carbons (Fsp3) is 0.833. The topological polar surface area (TPSA) is 67.4 Å². The standard InChI is InChI=1S/C12H24N2O3/c1-3-5-9-14-11(15)10-13-8-6-7-12(16)17-4-2/h13H,3-10H2,1-2H3,(H,14,15). The Kier molecular flexibility index (Phi) is 10.7. The maximum absolute atomic E-state index is 11.3. The number of rotatable bonds is 10. The van der Waals surface area contributed by atoms with Crippen molar-refractivity contribution in [2.75, 3.05) is 26.2 Å². The van der Waals surface area contributed by atoms with Gasteiger partial charge in [0.15, 0.2) is 0 Å². The molecule has 2 N–H and O–H groups in total. The molecular weight excluding hydrogens is 220 g/mol. The zero-order chi connectivity index (χ0) is 12.9. The first-order valence-corrected chi connectivity index (χ1v) is 6.33. The highest BCUT2D eigenvalue weighted by atomic mass is 16.5. The highest BCUT2D eigenvalue weighted by Crippen LogP contribution is 1.90. The molecule has 100 valence electrons. The molecule has 0 aliphatic heterocycles. The van der Waals surface area contributed by atoms with Gasteiger partial charge in [0.05, 0.1) is 13.2 Å². The quantitative estimate of drug-likeness (QED) is 0.441. The van der Waals surface area contributed by atoms with Crippen molar-refractivity contribution in [3.8, 4) is 0 Å². The Morgan fingerprint density at radius 1 is 1.12 bits per heavy atom. The van der Waals surface area contributed by atoms with Gasteiger partial charge >= 0.3 is 5.97 Å². The van der Waals surface area contributed by atoms with Crippen molar-refractivity contribution >= 4 is 11.9 Å². The van der Waals surface area contributed by atoms with E-state index < -0.39 is 0 Å². The summed E-state index contributed by atoms with van der Waals surface area (Å²) in [7, 11) is 0. The lowest BCUT2D eigenvalue weighted by molar-refractivity contribution is -0.143. The van der Waals surface area contributed by atoms with E-state index in [1.54, 1.807) is 6.92 Å². The molecule has 0 fully saturated rings. The lowest BCUT2D eigenvalue weighted by atomic mass is 10.3. The minimum atomic E-state index is -0.179. The molecule has 0 heterocycles. The van der Waals surface area contributed by atoms with Crippen LogP contribution >= 0.6 is 0 Å². The van der Waals surface area contributed by atoms with E-state index in [0.717, 1.165) is 19.4 Å². The maximum Gasteiger partial charge on any atom is 0.305 e. The van der Waals surface area contributed by atoms with Crippen LogP contribution in [0.25, 0.3) is 0 Å². The smallest absolute Gasteiger partial charge is 0.305 e. The molecule has 0 saturated carbocycles. The van der Waals surface area contributed by atoms with Crippen LogP contribution in [0.15, 0.2) is 0 Å². The van der Waals surface area contributed by atoms with Gasteiger partial charge in [-0.1, -0.05) is 13.3 Å². The third-order valence-electron chi connectivity index (χ3n) is 2.18. The van der Waals surface area contributed by atoms with Crippen LogP contribution in [0.2, 0.25) is 0 Å². The third-order valence-corrected chi connectivity index (χ3v) is 2.18. The summed E-state index contributed by atoms with van der Waals surface area (Å²) in [6.45, 7) is 6.00. The molecule has 0 aromatic carbocycles. The van der Waals surface area contributed by atoms with E-state index in [-0.39, 0.29) is 11.9 Å². The van der Waals surface area contributed by atoms with Gasteiger partial charge in [-0.2, -0.15) is 0 Å². The molecule has 0 aliphatic rings. The van der Waals surface area contributed by atoms with E-state index in [9.17, 15) is 9.59 Å². The molecule has 0 atom stereocenters. The van der Waals surface area contributed by atoms with Gasteiger partial charge < -0.3 is 15.4 Å². The van der Waals surface area contributed by atoms with Gasteiger partial charge in [0.2, 0.25) is 5.91 Å². The molecule has 0 rings (SSSR count). The Morgan fingerprint density at radius 2 is 1.88 bits per heavy atom. The van der Waals surface area contributed by atoms with E-state index in [1.807, 2.05) is 0 Å². The van der Waals surface area contributed by atoms with Gasteiger partial charge in [-0.05, 0) is 26.3 Å². The van der Waals surface area contributed by atoms with Crippen LogP contribution < -0.4 is 10.6 Å². The molecule has 5 heteroatoms. The molecule has 0 bridgehead atoms. The van der Waals surface area contributed by atoms with Crippen LogP contribution in [-0.2, 0) is 14.3 Å². The summed E-state index contributed by atoms with van der Waals surface area (Å²) in [6, 6.07) is 0. The lowest BCUT2D eigenvalue weighted by Crippen LogP contribution is -2.34. The van der Waals surface area contributed by atoms with Crippen LogP contribution in [0, 0.1) is 0 Å². The Bertz CT molecular complexity index is 220. The second-order valence-electron chi connectivity index (χ2n) is 3.79. The predicted molar refractivity (Wildman–Crippen MR) is 66.7 cm³/mol. The predicted octanol–water partition coefficient (Wildman–Crippen LogP) is 0.836. The largest absolute Gasteiger partial charge is 0.466 e. The first kappa shape index (κ1) is 15.9. The van der Waals surface area contributed by atoms with Crippen LogP contribution in [0.4, 0.5) is 0 Å². The van der Waals surface area contributed by atoms with Crippen LogP contribution in [0.1, 0.15) is 39.5 Å². The highest BCUT2D eigenvalue weighted by molar-refractivity contribution is 5.77. The monoisotopic (exact) mass is 244 g/mol. The zero-order valence-electron chi connectivity index (χ0n) is 10.9. The molecule has 0 spiro atoms. The summed E-state index contributed by atoms with van der Waals surface area (Å²) in [4.78, 5) is 22.2. The van der Waals surface area contributed by atoms with Gasteiger partial charge in [-0.15, -0.1) is 0 Å². The maximum atomic E-state index is 11.3. The fourth-order valence-corrected chi connectivity index (χ4v) is 1.26. The summed E-state index contributed by atoms with van der Waals surface area (Å²) in [6.07, 6.45) is 3.18. The fourth-order valence-electron chi connectivity index (χ4n) is 1.26. The molecule has 0 radical (unpaired) electrons. The van der Waals surface area contributed by atoms with Crippen LogP contribution in [0.5, 0.6) is 0 Å². The average molecular weight is 244 g/mol. The zero-order valence-corrected chi connectivity index (χ0v) is 10.9. The van der Waals surface area contributed by atoms with Gasteiger partial charge in [-0.3, -0.25) is 9.59 Å². The lowest BCUT2D eigenvalue weighted by Gasteiger charge is -2.06. The van der Waals surface area contributed by atoms with Crippen molar-refractivity contribution in [3.05, 3.63) is 0 Å². The van der Waals surface area contributed by atoms with Crippen molar-refractivity contribution in [1.29, 1.82) is 0 Å². The van der Waals surface area contributed by atoms with Gasteiger partial charge in [0.1, 0.15) is 0 Å². The summed E-state index contributed by atoms with van der Waals surface area (Å²) in [5.74, 6) is -0.170. The molecule has 1 amide bonds. The number of amides is 1. The van der Waals surface area contributed by atoms with Crippen LogP contribution in [0.3, 0.4) is 0 Å². The van der Waals surface area contributed by atoms with E-state index in [4.69, 9.17) is 4.74 Å². The van der Waals surface area contributed by atoms with E-state index >= 15 is 0 Å². The Labute approximate surface area is 103 Å². The van der Waals surface area contributed by atoms with Crippen LogP contribution in [-0.4, -0.2) is 38.1 Å². The summed E-state index contributed by atoms with van der Waals surface area (Å²) in [5.41, 5.74) is 0. The molecule has 0 aromatic rings. The third kappa shape index (κ3) is 11.2. The molecule has 0 unspecified atom stereocenters. The number of hydrogen-bond donors (Lipinski definition) is 2. The first-order chi connectivity index (χ1) is 8.20. The Morgan fingerprint density at radius 3 is 2.53 bits per heavy atom. The van der Waals surface area contributed by atoms with Gasteiger partial charge in [0.25, 0.3) is 0 Å². The average Bonchev–Trinajstić information content (AvgIpc) is 2.29. The second-order valence-corrected chi connectivity index (χ2v) is 3.79. The minimum absolute atomic E-state index is 0.00887. The van der Waals surface area contributed by atoms with Crippen molar-refractivity contribution in [3.63, 3.8) is 0 Å². The molecule has 0 saturated heterocycles. The Hall–Kier alpha value is -1.10. The number of esters is 1. The SMILES string of the molecule is CCCCNC(=O)CNCCCC(=O)OCC. The number of carbonyl (C=O) groups is 2. The summed E-state index contributed by atoms with van der Waals surface area (Å²) < 4.78 is 4.79. The van der Waals surface area contributed by atoms with Gasteiger partial charge in [0, 0.05) is 13.0 Å². The number of ether oxygens (including phenoxy) is 1. The van der Waals surface area contributed by atoms with Crippen molar-refractivity contribution in [2.45, 2.75) is 39.5 Å². The van der Waals surface area contributed by atoms with Crippen molar-refractivity contribution < 1.29 is 14.3 Å². The molecule has 0 aliphatic carbocycles. The normalized spacial score (nSPS) is 10.0. The number of hydrogen-bond acceptors (Lipinski definition) is 4. The second kappa shape index (κ2) is 11.4. The minimum Gasteiger partial charge on any atom is -0.466 e.